The van der Waals surface area contributed by atoms with Crippen LogP contribution in [-0.4, -0.2) is 40.5 Å². The minimum absolute atomic E-state index is 0.301. The summed E-state index contributed by atoms with van der Waals surface area (Å²) >= 11 is 0. The van der Waals surface area contributed by atoms with Gasteiger partial charge in [0.15, 0.2) is 5.82 Å². The summed E-state index contributed by atoms with van der Waals surface area (Å²) in [7, 11) is 3.26. The molecule has 0 bridgehead atoms. The van der Waals surface area contributed by atoms with E-state index in [0.29, 0.717) is 17.2 Å². The number of nitrogens with one attached hydrogen (secondary N) is 3. The Morgan fingerprint density at radius 2 is 1.65 bits per heavy atom. The van der Waals surface area contributed by atoms with Gasteiger partial charge >= 0.3 is 0 Å². The van der Waals surface area contributed by atoms with E-state index >= 15 is 0 Å². The van der Waals surface area contributed by atoms with Gasteiger partial charge in [-0.3, -0.25) is 15.0 Å². The zero-order valence-corrected chi connectivity index (χ0v) is 17.3. The van der Waals surface area contributed by atoms with E-state index in [9.17, 15) is 4.79 Å². The first-order chi connectivity index (χ1) is 15.1. The van der Waals surface area contributed by atoms with E-state index in [1.807, 2.05) is 54.6 Å². The van der Waals surface area contributed by atoms with Crippen LogP contribution in [0.1, 0.15) is 21.7 Å². The lowest BCUT2D eigenvalue weighted by Gasteiger charge is -2.07. The van der Waals surface area contributed by atoms with Gasteiger partial charge in [0.2, 0.25) is 0 Å². The third-order valence-corrected chi connectivity index (χ3v) is 4.86. The fourth-order valence-corrected chi connectivity index (χ4v) is 3.22. The molecule has 0 saturated carbocycles. The maximum Gasteiger partial charge on any atom is 0.274 e. The summed E-state index contributed by atoms with van der Waals surface area (Å²) < 4.78 is 10.6. The van der Waals surface area contributed by atoms with Crippen LogP contribution < -0.4 is 14.8 Å². The highest BCUT2D eigenvalue weighted by atomic mass is 16.5. The molecule has 0 fully saturated rings. The van der Waals surface area contributed by atoms with Crippen molar-refractivity contribution in [2.45, 2.75) is 12.8 Å². The van der Waals surface area contributed by atoms with Crippen molar-refractivity contribution >= 4 is 11.7 Å². The molecule has 0 spiro atoms. The molecule has 0 saturated heterocycles. The van der Waals surface area contributed by atoms with Gasteiger partial charge in [-0.25, -0.2) is 0 Å². The van der Waals surface area contributed by atoms with E-state index in [1.54, 1.807) is 20.3 Å². The van der Waals surface area contributed by atoms with E-state index in [-0.39, 0.29) is 5.91 Å². The van der Waals surface area contributed by atoms with Crippen molar-refractivity contribution in [3.05, 3.63) is 77.6 Å². The number of carbonyl (C=O) groups excluding carboxylic acids is 1. The molecular formula is C23H23N5O3. The summed E-state index contributed by atoms with van der Waals surface area (Å²) in [6.45, 7) is 0. The Morgan fingerprint density at radius 3 is 2.35 bits per heavy atom. The number of H-pyrrole nitrogens is 2. The number of amides is 1. The number of nitrogens with zero attached hydrogens (tertiary/aromatic N) is 2. The van der Waals surface area contributed by atoms with Gasteiger partial charge in [-0.2, -0.15) is 10.2 Å². The quantitative estimate of drug-likeness (QED) is 0.404. The lowest BCUT2D eigenvalue weighted by Crippen LogP contribution is -2.12. The van der Waals surface area contributed by atoms with Gasteiger partial charge in [0.1, 0.15) is 17.2 Å². The van der Waals surface area contributed by atoms with E-state index < -0.39 is 0 Å². The number of rotatable bonds is 8. The van der Waals surface area contributed by atoms with Gasteiger partial charge in [0, 0.05) is 23.4 Å². The van der Waals surface area contributed by atoms with Gasteiger partial charge in [0.25, 0.3) is 5.91 Å². The second-order valence-corrected chi connectivity index (χ2v) is 6.99. The fourth-order valence-electron chi connectivity index (χ4n) is 3.22. The molecule has 4 aromatic rings. The standard InChI is InChI=1S/C23H23N5O3/c1-30-18-10-15(11-19(13-18)31-2)8-9-17-12-22(28-25-17)24-23(29)21-14-20(26-27-21)16-6-4-3-5-7-16/h3-7,10-14H,8-9H2,1-2H3,(H,26,27)(H2,24,25,28,29). The lowest BCUT2D eigenvalue weighted by molar-refractivity contribution is 0.102. The Morgan fingerprint density at radius 1 is 0.903 bits per heavy atom. The van der Waals surface area contributed by atoms with Crippen LogP contribution in [-0.2, 0) is 12.8 Å². The molecule has 2 heterocycles. The SMILES string of the molecule is COc1cc(CCc2cc(NC(=O)c3cc(-c4ccccc4)n[nH]3)n[nH]2)cc(OC)c1. The molecule has 0 atom stereocenters. The second-order valence-electron chi connectivity index (χ2n) is 6.99. The normalized spacial score (nSPS) is 10.6. The van der Waals surface area contributed by atoms with Gasteiger partial charge in [-0.05, 0) is 36.6 Å². The molecule has 8 heteroatoms. The highest BCUT2D eigenvalue weighted by Crippen LogP contribution is 2.23. The molecule has 31 heavy (non-hydrogen) atoms. The molecule has 0 aliphatic rings. The summed E-state index contributed by atoms with van der Waals surface area (Å²) in [6.07, 6.45) is 1.49. The average molecular weight is 417 g/mol. The monoisotopic (exact) mass is 417 g/mol. The van der Waals surface area contributed by atoms with Gasteiger partial charge in [0.05, 0.1) is 19.9 Å². The Labute approximate surface area is 179 Å². The Kier molecular flexibility index (Phi) is 5.98. The Hall–Kier alpha value is -4.07. The van der Waals surface area contributed by atoms with Crippen molar-refractivity contribution in [3.8, 4) is 22.8 Å². The number of ether oxygens (including phenoxy) is 2. The molecule has 0 aliphatic heterocycles. The summed E-state index contributed by atoms with van der Waals surface area (Å²) in [4.78, 5) is 12.5. The Bertz CT molecular complexity index is 1140. The Balaban J connectivity index is 1.37. The van der Waals surface area contributed by atoms with Crippen LogP contribution in [0.3, 0.4) is 0 Å². The topological polar surface area (TPSA) is 105 Å². The maximum absolute atomic E-state index is 12.5. The second kappa shape index (κ2) is 9.17. The van der Waals surface area contributed by atoms with Crippen molar-refractivity contribution in [2.75, 3.05) is 19.5 Å². The minimum atomic E-state index is -0.301. The van der Waals surface area contributed by atoms with Crippen LogP contribution in [0.2, 0.25) is 0 Å². The molecule has 1 amide bonds. The first-order valence-corrected chi connectivity index (χ1v) is 9.83. The zero-order chi connectivity index (χ0) is 21.6. The van der Waals surface area contributed by atoms with Crippen LogP contribution in [0, 0.1) is 0 Å². The van der Waals surface area contributed by atoms with Crippen LogP contribution in [0.4, 0.5) is 5.82 Å². The summed E-state index contributed by atoms with van der Waals surface area (Å²) in [5.41, 5.74) is 4.01. The fraction of sp³-hybridized carbons (Fsp3) is 0.174. The first-order valence-electron chi connectivity index (χ1n) is 9.83. The summed E-state index contributed by atoms with van der Waals surface area (Å²) in [5, 5.41) is 16.9. The molecular weight excluding hydrogens is 394 g/mol. The molecule has 158 valence electrons. The number of methoxy groups -OCH3 is 2. The van der Waals surface area contributed by atoms with Crippen molar-refractivity contribution in [1.82, 2.24) is 20.4 Å². The zero-order valence-electron chi connectivity index (χ0n) is 17.3. The highest BCUT2D eigenvalue weighted by molar-refractivity contribution is 6.02. The number of benzene rings is 2. The molecule has 0 unspecified atom stereocenters. The number of aromatic amines is 2. The summed E-state index contributed by atoms with van der Waals surface area (Å²) in [5.74, 6) is 1.66. The maximum atomic E-state index is 12.5. The molecule has 4 rings (SSSR count). The van der Waals surface area contributed by atoms with E-state index in [0.717, 1.165) is 41.2 Å². The van der Waals surface area contributed by atoms with Crippen LogP contribution in [0.15, 0.2) is 60.7 Å². The van der Waals surface area contributed by atoms with E-state index in [4.69, 9.17) is 9.47 Å². The first kappa shape index (κ1) is 20.2. The average Bonchev–Trinajstić information content (AvgIpc) is 3.48. The molecule has 2 aromatic carbocycles. The predicted octanol–water partition coefficient (Wildman–Crippen LogP) is 3.85. The number of anilines is 1. The third kappa shape index (κ3) is 4.92. The third-order valence-electron chi connectivity index (χ3n) is 4.86. The highest BCUT2D eigenvalue weighted by Gasteiger charge is 2.13. The molecule has 0 aliphatic carbocycles. The van der Waals surface area contributed by atoms with Crippen LogP contribution in [0.5, 0.6) is 11.5 Å². The van der Waals surface area contributed by atoms with E-state index in [2.05, 4.69) is 25.7 Å². The number of hydrogen-bond acceptors (Lipinski definition) is 5. The number of carbonyl (C=O) groups is 1. The van der Waals surface area contributed by atoms with Gasteiger partial charge in [-0.1, -0.05) is 30.3 Å². The summed E-state index contributed by atoms with van der Waals surface area (Å²) in [6, 6.07) is 19.0. The van der Waals surface area contributed by atoms with Gasteiger partial charge in [-0.15, -0.1) is 0 Å². The van der Waals surface area contributed by atoms with Crippen molar-refractivity contribution in [2.24, 2.45) is 0 Å². The number of hydrogen-bond donors (Lipinski definition) is 3. The van der Waals surface area contributed by atoms with Crippen molar-refractivity contribution in [1.29, 1.82) is 0 Å². The van der Waals surface area contributed by atoms with Gasteiger partial charge < -0.3 is 14.8 Å². The van der Waals surface area contributed by atoms with Crippen LogP contribution >= 0.6 is 0 Å². The predicted molar refractivity (Wildman–Crippen MR) is 118 cm³/mol. The van der Waals surface area contributed by atoms with E-state index in [1.165, 1.54) is 0 Å². The molecule has 3 N–H and O–H groups in total. The molecule has 8 nitrogen and oxygen atoms in total. The number of aryl methyl sites for hydroxylation is 2. The van der Waals surface area contributed by atoms with Crippen LogP contribution in [0.25, 0.3) is 11.3 Å². The number of aromatic nitrogens is 4. The molecule has 2 aromatic heterocycles. The lowest BCUT2D eigenvalue weighted by atomic mass is 10.1. The molecule has 0 radical (unpaired) electrons. The minimum Gasteiger partial charge on any atom is -0.497 e. The smallest absolute Gasteiger partial charge is 0.274 e. The van der Waals surface area contributed by atoms with Crippen molar-refractivity contribution in [3.63, 3.8) is 0 Å². The largest absolute Gasteiger partial charge is 0.497 e. The van der Waals surface area contributed by atoms with Crippen molar-refractivity contribution < 1.29 is 14.3 Å².